The van der Waals surface area contributed by atoms with Gasteiger partial charge < -0.3 is 16.0 Å². The molecule has 0 aliphatic carbocycles. The van der Waals surface area contributed by atoms with Crippen LogP contribution in [-0.4, -0.2) is 29.0 Å². The number of hydrogen-bond acceptors (Lipinski definition) is 5. The second-order valence-corrected chi connectivity index (χ2v) is 4.85. The Labute approximate surface area is 124 Å². The predicted octanol–water partition coefficient (Wildman–Crippen LogP) is 2.06. The minimum atomic E-state index is -0.0571. The number of nitrogens with one attached hydrogen (secondary N) is 3. The highest BCUT2D eigenvalue weighted by molar-refractivity contribution is 5.96. The van der Waals surface area contributed by atoms with Gasteiger partial charge in [0.25, 0.3) is 5.91 Å². The van der Waals surface area contributed by atoms with Gasteiger partial charge in [-0.15, -0.1) is 0 Å². The first kappa shape index (κ1) is 15.0. The standard InChI is InChI=1S/C15H21N5O/c1-3-12-10-11(2)19-15-18-9-6-13(20-15)16-7-4-5-8-17-14(12)21/h3,6,9-10H,4-5,7-8H2,1-2H3,(H,17,21)(H2,16,18,19,20)/b11-10+,12-3+. The Kier molecular flexibility index (Phi) is 5.31. The third kappa shape index (κ3) is 4.59. The van der Waals surface area contributed by atoms with Gasteiger partial charge in [0.2, 0.25) is 5.95 Å². The average molecular weight is 287 g/mol. The van der Waals surface area contributed by atoms with E-state index in [1.54, 1.807) is 18.3 Å². The third-order valence-corrected chi connectivity index (χ3v) is 3.10. The Hall–Kier alpha value is -2.37. The van der Waals surface area contributed by atoms with Crippen LogP contribution in [0.1, 0.15) is 26.7 Å². The van der Waals surface area contributed by atoms with Crippen molar-refractivity contribution in [3.8, 4) is 0 Å². The summed E-state index contributed by atoms with van der Waals surface area (Å²) >= 11 is 0. The summed E-state index contributed by atoms with van der Waals surface area (Å²) in [6, 6.07) is 1.84. The molecule has 0 aromatic carbocycles. The van der Waals surface area contributed by atoms with Gasteiger partial charge in [0.05, 0.1) is 0 Å². The highest BCUT2D eigenvalue weighted by atomic mass is 16.1. The Balaban J connectivity index is 2.24. The molecule has 0 saturated carbocycles. The first-order chi connectivity index (χ1) is 10.2. The van der Waals surface area contributed by atoms with E-state index in [0.29, 0.717) is 18.1 Å². The molecule has 6 heteroatoms. The number of rotatable bonds is 0. The summed E-state index contributed by atoms with van der Waals surface area (Å²) in [5, 5.41) is 9.27. The van der Waals surface area contributed by atoms with Gasteiger partial charge in [-0.3, -0.25) is 4.79 Å². The van der Waals surface area contributed by atoms with E-state index < -0.39 is 0 Å². The summed E-state index contributed by atoms with van der Waals surface area (Å²) in [5.74, 6) is 1.26. The van der Waals surface area contributed by atoms with Crippen molar-refractivity contribution in [3.05, 3.63) is 35.7 Å². The van der Waals surface area contributed by atoms with E-state index in [1.807, 2.05) is 19.9 Å². The number of allylic oxidation sites excluding steroid dienone is 2. The van der Waals surface area contributed by atoms with Gasteiger partial charge in [-0.2, -0.15) is 4.98 Å². The van der Waals surface area contributed by atoms with Crippen LogP contribution in [0.4, 0.5) is 11.8 Å². The lowest BCUT2D eigenvalue weighted by molar-refractivity contribution is -0.117. The van der Waals surface area contributed by atoms with Crippen LogP contribution in [0.3, 0.4) is 0 Å². The molecule has 0 unspecified atom stereocenters. The monoisotopic (exact) mass is 287 g/mol. The molecule has 0 atom stereocenters. The van der Waals surface area contributed by atoms with Crippen molar-refractivity contribution < 1.29 is 4.79 Å². The molecule has 21 heavy (non-hydrogen) atoms. The molecular weight excluding hydrogens is 266 g/mol. The zero-order valence-electron chi connectivity index (χ0n) is 12.4. The van der Waals surface area contributed by atoms with Crippen LogP contribution in [0.15, 0.2) is 35.7 Å². The van der Waals surface area contributed by atoms with Gasteiger partial charge in [-0.25, -0.2) is 4.98 Å². The van der Waals surface area contributed by atoms with Crippen LogP contribution in [0.5, 0.6) is 0 Å². The number of fused-ring (bicyclic) bond motifs is 2. The maximum Gasteiger partial charge on any atom is 0.251 e. The van der Waals surface area contributed by atoms with Crippen molar-refractivity contribution in [3.63, 3.8) is 0 Å². The molecule has 0 fully saturated rings. The lowest BCUT2D eigenvalue weighted by Gasteiger charge is -2.11. The van der Waals surface area contributed by atoms with Crippen molar-refractivity contribution >= 4 is 17.7 Å². The lowest BCUT2D eigenvalue weighted by Crippen LogP contribution is -2.26. The van der Waals surface area contributed by atoms with E-state index in [4.69, 9.17) is 0 Å². The highest BCUT2D eigenvalue weighted by Crippen LogP contribution is 2.10. The first-order valence-electron chi connectivity index (χ1n) is 7.16. The van der Waals surface area contributed by atoms with E-state index in [0.717, 1.165) is 30.9 Å². The van der Waals surface area contributed by atoms with Crippen molar-refractivity contribution in [1.82, 2.24) is 15.3 Å². The number of amides is 1. The molecule has 1 aromatic rings. The number of carbonyl (C=O) groups excluding carboxylic acids is 1. The van der Waals surface area contributed by atoms with Gasteiger partial charge in [0.15, 0.2) is 0 Å². The molecule has 2 heterocycles. The van der Waals surface area contributed by atoms with E-state index in [1.165, 1.54) is 0 Å². The van der Waals surface area contributed by atoms with E-state index >= 15 is 0 Å². The van der Waals surface area contributed by atoms with Crippen LogP contribution < -0.4 is 16.0 Å². The topological polar surface area (TPSA) is 78.9 Å². The van der Waals surface area contributed by atoms with Crippen LogP contribution in [0, 0.1) is 0 Å². The number of aromatic nitrogens is 2. The van der Waals surface area contributed by atoms with Gasteiger partial charge in [0.1, 0.15) is 5.82 Å². The van der Waals surface area contributed by atoms with E-state index in [9.17, 15) is 4.79 Å². The Bertz CT molecular complexity index is 565. The molecule has 2 rings (SSSR count). The summed E-state index contributed by atoms with van der Waals surface area (Å²) in [6.07, 6.45) is 7.19. The summed E-state index contributed by atoms with van der Waals surface area (Å²) in [7, 11) is 0. The minimum absolute atomic E-state index is 0.0571. The van der Waals surface area contributed by atoms with Crippen molar-refractivity contribution in [2.75, 3.05) is 23.7 Å². The molecule has 1 aliphatic heterocycles. The number of carbonyl (C=O) groups is 1. The quantitative estimate of drug-likeness (QED) is 0.637. The molecule has 1 amide bonds. The lowest BCUT2D eigenvalue weighted by atomic mass is 10.2. The molecular formula is C15H21N5O. The molecule has 0 saturated heterocycles. The normalized spacial score (nSPS) is 21.3. The number of nitrogens with zero attached hydrogens (tertiary/aromatic N) is 2. The Morgan fingerprint density at radius 3 is 2.76 bits per heavy atom. The van der Waals surface area contributed by atoms with Crippen molar-refractivity contribution in [1.29, 1.82) is 0 Å². The fourth-order valence-electron chi connectivity index (χ4n) is 2.01. The van der Waals surface area contributed by atoms with E-state index in [2.05, 4.69) is 25.9 Å². The van der Waals surface area contributed by atoms with Crippen LogP contribution in [-0.2, 0) is 4.79 Å². The molecule has 1 aromatic heterocycles. The summed E-state index contributed by atoms with van der Waals surface area (Å²) < 4.78 is 0. The fraction of sp³-hybridized carbons (Fsp3) is 0.400. The highest BCUT2D eigenvalue weighted by Gasteiger charge is 2.07. The molecule has 112 valence electrons. The SMILES string of the molecule is C/C=C1\C=C(/C)Nc2nccc(n2)NCCCCNC1=O. The number of hydrogen-bond donors (Lipinski definition) is 3. The summed E-state index contributed by atoms with van der Waals surface area (Å²) in [5.41, 5.74) is 1.44. The summed E-state index contributed by atoms with van der Waals surface area (Å²) in [4.78, 5) is 20.6. The second kappa shape index (κ2) is 7.42. The second-order valence-electron chi connectivity index (χ2n) is 4.85. The van der Waals surface area contributed by atoms with Gasteiger partial charge in [-0.1, -0.05) is 6.08 Å². The zero-order chi connectivity index (χ0) is 15.1. The molecule has 1 aliphatic rings. The maximum absolute atomic E-state index is 12.0. The molecule has 6 nitrogen and oxygen atoms in total. The number of anilines is 2. The Morgan fingerprint density at radius 2 is 2.00 bits per heavy atom. The first-order valence-corrected chi connectivity index (χ1v) is 7.16. The van der Waals surface area contributed by atoms with Crippen molar-refractivity contribution in [2.24, 2.45) is 0 Å². The van der Waals surface area contributed by atoms with Gasteiger partial charge in [-0.05, 0) is 38.8 Å². The van der Waals surface area contributed by atoms with E-state index in [-0.39, 0.29) is 5.91 Å². The largest absolute Gasteiger partial charge is 0.370 e. The fourth-order valence-corrected chi connectivity index (χ4v) is 2.01. The zero-order valence-corrected chi connectivity index (χ0v) is 12.4. The smallest absolute Gasteiger partial charge is 0.251 e. The van der Waals surface area contributed by atoms with Gasteiger partial charge in [0, 0.05) is 30.6 Å². The van der Waals surface area contributed by atoms with Crippen LogP contribution >= 0.6 is 0 Å². The predicted molar refractivity (Wildman–Crippen MR) is 83.9 cm³/mol. The Morgan fingerprint density at radius 1 is 1.24 bits per heavy atom. The molecule has 2 bridgehead atoms. The van der Waals surface area contributed by atoms with Crippen LogP contribution in [0.25, 0.3) is 0 Å². The third-order valence-electron chi connectivity index (χ3n) is 3.10. The summed E-state index contributed by atoms with van der Waals surface area (Å²) in [6.45, 7) is 5.22. The van der Waals surface area contributed by atoms with Crippen LogP contribution in [0.2, 0.25) is 0 Å². The molecule has 3 N–H and O–H groups in total. The molecule has 0 radical (unpaired) electrons. The molecule has 0 spiro atoms. The van der Waals surface area contributed by atoms with Crippen molar-refractivity contribution in [2.45, 2.75) is 26.7 Å². The maximum atomic E-state index is 12.0. The van der Waals surface area contributed by atoms with Gasteiger partial charge >= 0.3 is 0 Å². The average Bonchev–Trinajstić information content (AvgIpc) is 2.47. The minimum Gasteiger partial charge on any atom is -0.370 e.